The maximum atomic E-state index is 6.39. The van der Waals surface area contributed by atoms with Gasteiger partial charge in [-0.25, -0.2) is 0 Å². The summed E-state index contributed by atoms with van der Waals surface area (Å²) in [5.41, 5.74) is 18.0. The summed E-state index contributed by atoms with van der Waals surface area (Å²) in [7, 11) is 0. The lowest BCUT2D eigenvalue weighted by Gasteiger charge is -2.31. The van der Waals surface area contributed by atoms with Crippen molar-refractivity contribution in [2.75, 3.05) is 0 Å². The predicted molar refractivity (Wildman–Crippen MR) is 233 cm³/mol. The van der Waals surface area contributed by atoms with Gasteiger partial charge >= 0.3 is 0 Å². The molecule has 0 aliphatic heterocycles. The Morgan fingerprint density at radius 3 is 1.93 bits per heavy atom. The standard InChI is InChI=1S/C54H33NO/c1-2-12-45-50-41-16-5-9-21-47(41)55-48-30-27-34(32-23-25-33(26-24-32)35-17-11-18-40-38-15-6-10-22-49(38)56-53(35)40)31-42(48)39-28-29-46(51(50)52(39)55)54(45)43-19-7-3-13-36(43)37-14-4-8-20-44(37)54/h2-31H,1H3/b12-2-. The van der Waals surface area contributed by atoms with Gasteiger partial charge in [0.2, 0.25) is 0 Å². The zero-order chi connectivity index (χ0) is 36.7. The molecule has 2 nitrogen and oxygen atoms in total. The first-order valence-electron chi connectivity index (χ1n) is 19.6. The van der Waals surface area contributed by atoms with Gasteiger partial charge in [-0.15, -0.1) is 0 Å². The second-order valence-corrected chi connectivity index (χ2v) is 15.5. The molecule has 8 aromatic carbocycles. The van der Waals surface area contributed by atoms with Gasteiger partial charge in [-0.3, -0.25) is 0 Å². The molecule has 0 amide bonds. The van der Waals surface area contributed by atoms with Crippen LogP contribution in [0.5, 0.6) is 0 Å². The van der Waals surface area contributed by atoms with Gasteiger partial charge in [0.05, 0.1) is 22.0 Å². The smallest absolute Gasteiger partial charge is 0.143 e. The summed E-state index contributed by atoms with van der Waals surface area (Å²) >= 11 is 0. The van der Waals surface area contributed by atoms with E-state index in [0.717, 1.165) is 33.1 Å². The molecular formula is C54H33NO. The molecule has 3 heterocycles. The fourth-order valence-electron chi connectivity index (χ4n) is 10.7. The van der Waals surface area contributed by atoms with Gasteiger partial charge in [0.15, 0.2) is 0 Å². The summed E-state index contributed by atoms with van der Waals surface area (Å²) in [4.78, 5) is 0. The minimum absolute atomic E-state index is 0.406. The minimum atomic E-state index is -0.406. The first kappa shape index (κ1) is 30.2. The average molecular weight is 712 g/mol. The summed E-state index contributed by atoms with van der Waals surface area (Å²) in [6.45, 7) is 2.16. The van der Waals surface area contributed by atoms with Crippen LogP contribution < -0.4 is 5.22 Å². The number of pyridine rings is 1. The largest absolute Gasteiger partial charge is 0.455 e. The Hall–Kier alpha value is -7.16. The van der Waals surface area contributed by atoms with Crippen molar-refractivity contribution >= 4 is 65.6 Å². The van der Waals surface area contributed by atoms with E-state index in [1.54, 1.807) is 0 Å². The van der Waals surface area contributed by atoms with E-state index in [1.165, 1.54) is 87.8 Å². The maximum absolute atomic E-state index is 6.39. The van der Waals surface area contributed by atoms with Crippen molar-refractivity contribution in [1.82, 2.24) is 4.40 Å². The van der Waals surface area contributed by atoms with Crippen LogP contribution in [0.25, 0.3) is 99.0 Å². The van der Waals surface area contributed by atoms with Crippen molar-refractivity contribution in [3.05, 3.63) is 204 Å². The van der Waals surface area contributed by atoms with Crippen LogP contribution in [0.4, 0.5) is 0 Å². The number of aromatic nitrogens is 1. The van der Waals surface area contributed by atoms with Gasteiger partial charge in [-0.05, 0) is 86.5 Å². The normalized spacial score (nSPS) is 14.2. The molecular weight excluding hydrogens is 679 g/mol. The quantitative estimate of drug-likeness (QED) is 0.167. The fourth-order valence-corrected chi connectivity index (χ4v) is 10.7. The van der Waals surface area contributed by atoms with Crippen LogP contribution in [0.3, 0.4) is 0 Å². The van der Waals surface area contributed by atoms with Gasteiger partial charge < -0.3 is 8.82 Å². The molecule has 3 aromatic heterocycles. The van der Waals surface area contributed by atoms with E-state index in [4.69, 9.17) is 4.42 Å². The lowest BCUT2D eigenvalue weighted by atomic mass is 9.69. The van der Waals surface area contributed by atoms with Crippen LogP contribution in [0, 0.1) is 0 Å². The Bertz CT molecular complexity index is 3550. The molecule has 0 N–H and O–H groups in total. The topological polar surface area (TPSA) is 17.6 Å². The van der Waals surface area contributed by atoms with Crippen molar-refractivity contribution in [1.29, 1.82) is 0 Å². The molecule has 11 aromatic rings. The number of para-hydroxylation sites is 3. The van der Waals surface area contributed by atoms with E-state index >= 15 is 0 Å². The zero-order valence-corrected chi connectivity index (χ0v) is 30.7. The summed E-state index contributed by atoms with van der Waals surface area (Å²) < 4.78 is 8.94. The van der Waals surface area contributed by atoms with Crippen LogP contribution in [0.2, 0.25) is 0 Å². The van der Waals surface area contributed by atoms with Crippen molar-refractivity contribution in [3.63, 3.8) is 0 Å². The van der Waals surface area contributed by atoms with Gasteiger partial charge in [-0.2, -0.15) is 0 Å². The lowest BCUT2D eigenvalue weighted by molar-refractivity contribution is 0.670. The number of hydrogen-bond donors (Lipinski definition) is 0. The first-order chi connectivity index (χ1) is 27.8. The summed E-state index contributed by atoms with van der Waals surface area (Å²) in [6, 6.07) is 62.8. The summed E-state index contributed by atoms with van der Waals surface area (Å²) in [5.74, 6) is 0. The Labute approximate surface area is 322 Å². The van der Waals surface area contributed by atoms with E-state index in [1.807, 2.05) is 12.1 Å². The molecule has 2 heteroatoms. The molecule has 0 bridgehead atoms. The highest BCUT2D eigenvalue weighted by molar-refractivity contribution is 6.22. The second-order valence-electron chi connectivity index (χ2n) is 15.5. The van der Waals surface area contributed by atoms with Crippen LogP contribution >= 0.6 is 0 Å². The molecule has 13 rings (SSSR count). The fraction of sp³-hybridized carbons (Fsp3) is 0.0370. The Balaban J connectivity index is 1.06. The van der Waals surface area contributed by atoms with Gasteiger partial charge in [0, 0.05) is 37.9 Å². The zero-order valence-electron chi connectivity index (χ0n) is 30.7. The molecule has 0 unspecified atom stereocenters. The predicted octanol–water partition coefficient (Wildman–Crippen LogP) is 13.4. The maximum Gasteiger partial charge on any atom is 0.143 e. The first-order valence-corrected chi connectivity index (χ1v) is 19.6. The van der Waals surface area contributed by atoms with Crippen LogP contribution in [0.1, 0.15) is 23.6 Å². The van der Waals surface area contributed by atoms with Gasteiger partial charge in [0.1, 0.15) is 11.2 Å². The number of hydrogen-bond acceptors (Lipinski definition) is 1. The molecule has 0 saturated heterocycles. The second kappa shape index (κ2) is 10.7. The van der Waals surface area contributed by atoms with Crippen LogP contribution in [0.15, 0.2) is 186 Å². The monoisotopic (exact) mass is 711 g/mol. The van der Waals surface area contributed by atoms with Gasteiger partial charge in [-0.1, -0.05) is 158 Å². The molecule has 2 aliphatic rings. The number of nitrogens with zero attached hydrogens (tertiary/aromatic N) is 1. The molecule has 0 fully saturated rings. The van der Waals surface area contributed by atoms with E-state index in [0.29, 0.717) is 0 Å². The van der Waals surface area contributed by atoms with E-state index in [9.17, 15) is 0 Å². The third-order valence-corrected chi connectivity index (χ3v) is 12.9. The molecule has 260 valence electrons. The molecule has 2 aliphatic carbocycles. The number of furan rings is 1. The lowest BCUT2D eigenvalue weighted by Crippen LogP contribution is -2.27. The average Bonchev–Trinajstić information content (AvgIpc) is 3.97. The van der Waals surface area contributed by atoms with Gasteiger partial charge in [0.25, 0.3) is 0 Å². The molecule has 0 atom stereocenters. The number of allylic oxidation sites excluding steroid dienone is 2. The van der Waals surface area contributed by atoms with Crippen LogP contribution in [-0.4, -0.2) is 4.40 Å². The van der Waals surface area contributed by atoms with Crippen molar-refractivity contribution in [2.24, 2.45) is 0 Å². The van der Waals surface area contributed by atoms with E-state index < -0.39 is 5.41 Å². The molecule has 56 heavy (non-hydrogen) atoms. The summed E-state index contributed by atoms with van der Waals surface area (Å²) in [6.07, 6.45) is 4.63. The van der Waals surface area contributed by atoms with Crippen molar-refractivity contribution in [3.8, 4) is 33.4 Å². The number of rotatable bonds is 3. The Morgan fingerprint density at radius 2 is 1.12 bits per heavy atom. The Morgan fingerprint density at radius 1 is 0.482 bits per heavy atom. The number of fused-ring (bicyclic) bond motifs is 15. The third-order valence-electron chi connectivity index (χ3n) is 12.9. The van der Waals surface area contributed by atoms with Crippen molar-refractivity contribution in [2.45, 2.75) is 12.3 Å². The number of benzene rings is 8. The SMILES string of the molecule is C/C=C\C1=c2c3ccccc3n3c4ccc(-c5ccc(-c6cccc7c6oc6ccccc67)cc5)cc4c4ccc(c2c43)C12c1ccccc1-c1ccccc12. The highest BCUT2D eigenvalue weighted by Gasteiger charge is 2.51. The highest BCUT2D eigenvalue weighted by Crippen LogP contribution is 2.60. The molecule has 0 radical (unpaired) electrons. The third kappa shape index (κ3) is 3.58. The minimum Gasteiger partial charge on any atom is -0.455 e. The van der Waals surface area contributed by atoms with E-state index in [-0.39, 0.29) is 0 Å². The molecule has 1 spiro atoms. The Kier molecular flexibility index (Phi) is 5.79. The molecule has 0 saturated carbocycles. The van der Waals surface area contributed by atoms with E-state index in [2.05, 4.69) is 181 Å². The van der Waals surface area contributed by atoms with Crippen molar-refractivity contribution < 1.29 is 4.42 Å². The summed E-state index contributed by atoms with van der Waals surface area (Å²) in [5, 5.41) is 8.87. The highest BCUT2D eigenvalue weighted by atomic mass is 16.3. The van der Waals surface area contributed by atoms with Crippen LogP contribution in [-0.2, 0) is 5.41 Å².